The van der Waals surface area contributed by atoms with Crippen LogP contribution >= 0.6 is 0 Å². The Morgan fingerprint density at radius 3 is 2.59 bits per heavy atom. The largest absolute Gasteiger partial charge is 0.467 e. The number of para-hydroxylation sites is 1. The Balaban J connectivity index is 1.53. The molecule has 0 atom stereocenters. The summed E-state index contributed by atoms with van der Waals surface area (Å²) in [7, 11) is 1.64. The third-order valence-electron chi connectivity index (χ3n) is 4.88. The minimum absolute atomic E-state index is 0.0147. The van der Waals surface area contributed by atoms with E-state index in [-0.39, 0.29) is 18.4 Å². The normalized spacial score (nSPS) is 10.7. The maximum Gasteiger partial charge on any atom is 0.239 e. The van der Waals surface area contributed by atoms with Gasteiger partial charge in [0, 0.05) is 19.2 Å². The van der Waals surface area contributed by atoms with Gasteiger partial charge >= 0.3 is 0 Å². The summed E-state index contributed by atoms with van der Waals surface area (Å²) < 4.78 is 7.08. The highest BCUT2D eigenvalue weighted by molar-refractivity contribution is 5.84. The molecule has 2 heterocycles. The van der Waals surface area contributed by atoms with E-state index in [0.29, 0.717) is 25.1 Å². The van der Waals surface area contributed by atoms with Crippen LogP contribution in [0.2, 0.25) is 0 Å². The second kappa shape index (κ2) is 9.23. The average Bonchev–Trinajstić information content (AvgIpc) is 3.33. The fraction of sp³-hybridized carbons (Fsp3) is 0.318. The summed E-state index contributed by atoms with van der Waals surface area (Å²) in [5.74, 6) is 0.375. The number of benzene rings is 1. The van der Waals surface area contributed by atoms with Crippen molar-refractivity contribution >= 4 is 11.8 Å². The fourth-order valence-corrected chi connectivity index (χ4v) is 3.24. The summed E-state index contributed by atoms with van der Waals surface area (Å²) in [5, 5.41) is 7.36. The van der Waals surface area contributed by atoms with Crippen LogP contribution in [0.25, 0.3) is 5.69 Å². The number of nitrogens with one attached hydrogen (secondary N) is 1. The number of rotatable bonds is 8. The summed E-state index contributed by atoms with van der Waals surface area (Å²) in [4.78, 5) is 26.0. The molecule has 0 saturated carbocycles. The van der Waals surface area contributed by atoms with Gasteiger partial charge in [-0.05, 0) is 50.1 Å². The summed E-state index contributed by atoms with van der Waals surface area (Å²) in [6, 6.07) is 13.5. The summed E-state index contributed by atoms with van der Waals surface area (Å²) >= 11 is 0. The van der Waals surface area contributed by atoms with Crippen molar-refractivity contribution in [3.05, 3.63) is 71.4 Å². The van der Waals surface area contributed by atoms with Crippen LogP contribution in [-0.2, 0) is 22.6 Å². The Kier molecular flexibility index (Phi) is 6.49. The third kappa shape index (κ3) is 5.13. The van der Waals surface area contributed by atoms with Gasteiger partial charge < -0.3 is 14.6 Å². The zero-order valence-corrected chi connectivity index (χ0v) is 17.0. The van der Waals surface area contributed by atoms with Crippen LogP contribution in [0.1, 0.15) is 29.1 Å². The molecule has 1 aromatic carbocycles. The Labute approximate surface area is 170 Å². The number of hydrogen-bond acceptors (Lipinski definition) is 4. The van der Waals surface area contributed by atoms with Crippen LogP contribution < -0.4 is 5.32 Å². The molecule has 3 aromatic rings. The highest BCUT2D eigenvalue weighted by atomic mass is 16.3. The van der Waals surface area contributed by atoms with Crippen LogP contribution in [0, 0.1) is 13.8 Å². The van der Waals surface area contributed by atoms with Gasteiger partial charge in [-0.1, -0.05) is 18.2 Å². The van der Waals surface area contributed by atoms with Crippen LogP contribution in [0.3, 0.4) is 0 Å². The highest BCUT2D eigenvalue weighted by Crippen LogP contribution is 2.19. The maximum atomic E-state index is 12.5. The molecule has 2 amide bonds. The quantitative estimate of drug-likeness (QED) is 0.637. The van der Waals surface area contributed by atoms with Crippen molar-refractivity contribution in [3.8, 4) is 5.69 Å². The molecule has 3 rings (SSSR count). The predicted molar refractivity (Wildman–Crippen MR) is 110 cm³/mol. The Morgan fingerprint density at radius 1 is 1.14 bits per heavy atom. The number of carbonyl (C=O) groups is 2. The molecular weight excluding hydrogens is 368 g/mol. The molecule has 7 heteroatoms. The number of likely N-dealkylation sites (N-methyl/N-ethyl adjacent to an activating group) is 1. The van der Waals surface area contributed by atoms with Crippen molar-refractivity contribution in [2.24, 2.45) is 0 Å². The first-order valence-corrected chi connectivity index (χ1v) is 9.59. The molecule has 0 bridgehead atoms. The van der Waals surface area contributed by atoms with E-state index in [1.807, 2.05) is 48.9 Å². The van der Waals surface area contributed by atoms with Crippen molar-refractivity contribution in [1.29, 1.82) is 0 Å². The molecule has 0 unspecified atom stereocenters. The van der Waals surface area contributed by atoms with Gasteiger partial charge in [0.25, 0.3) is 0 Å². The predicted octanol–water partition coefficient (Wildman–Crippen LogP) is 2.79. The van der Waals surface area contributed by atoms with Gasteiger partial charge in [-0.3, -0.25) is 9.59 Å². The standard InChI is InChI=1S/C22H26N4O3/c1-16-20(17(2)26(24-16)18-8-5-4-6-9-18)11-12-22(28)25(3)15-21(27)23-14-19-10-7-13-29-19/h4-10,13H,11-12,14-15H2,1-3H3,(H,23,27). The summed E-state index contributed by atoms with van der Waals surface area (Å²) in [5.41, 5.74) is 4.01. The van der Waals surface area contributed by atoms with E-state index in [1.165, 1.54) is 4.90 Å². The number of nitrogens with zero attached hydrogens (tertiary/aromatic N) is 3. The molecule has 29 heavy (non-hydrogen) atoms. The maximum absolute atomic E-state index is 12.5. The van der Waals surface area contributed by atoms with Crippen LogP contribution in [-0.4, -0.2) is 40.1 Å². The number of aryl methyl sites for hydroxylation is 1. The third-order valence-corrected chi connectivity index (χ3v) is 4.88. The van der Waals surface area contributed by atoms with Gasteiger partial charge in [0.15, 0.2) is 0 Å². The zero-order valence-electron chi connectivity index (χ0n) is 17.0. The van der Waals surface area contributed by atoms with Gasteiger partial charge in [-0.2, -0.15) is 5.10 Å². The van der Waals surface area contributed by atoms with E-state index in [0.717, 1.165) is 22.6 Å². The highest BCUT2D eigenvalue weighted by Gasteiger charge is 2.17. The van der Waals surface area contributed by atoms with Crippen LogP contribution in [0.15, 0.2) is 53.1 Å². The van der Waals surface area contributed by atoms with E-state index in [4.69, 9.17) is 4.42 Å². The molecule has 0 aliphatic rings. The lowest BCUT2D eigenvalue weighted by molar-refractivity contribution is -0.134. The van der Waals surface area contributed by atoms with E-state index >= 15 is 0 Å². The van der Waals surface area contributed by atoms with Gasteiger partial charge in [-0.15, -0.1) is 0 Å². The molecular formula is C22H26N4O3. The molecule has 7 nitrogen and oxygen atoms in total. The smallest absolute Gasteiger partial charge is 0.239 e. The van der Waals surface area contributed by atoms with Crippen molar-refractivity contribution in [2.45, 2.75) is 33.2 Å². The summed E-state index contributed by atoms with van der Waals surface area (Å²) in [6.07, 6.45) is 2.47. The number of amides is 2. The van der Waals surface area contributed by atoms with Crippen LogP contribution in [0.4, 0.5) is 0 Å². The average molecular weight is 394 g/mol. The number of aromatic nitrogens is 2. The van der Waals surface area contributed by atoms with E-state index in [1.54, 1.807) is 25.4 Å². The van der Waals surface area contributed by atoms with Crippen molar-refractivity contribution in [3.63, 3.8) is 0 Å². The molecule has 152 valence electrons. The van der Waals surface area contributed by atoms with Gasteiger partial charge in [-0.25, -0.2) is 4.68 Å². The van der Waals surface area contributed by atoms with Crippen molar-refractivity contribution in [2.75, 3.05) is 13.6 Å². The summed E-state index contributed by atoms with van der Waals surface area (Å²) in [6.45, 7) is 4.29. The van der Waals surface area contributed by atoms with Crippen molar-refractivity contribution < 1.29 is 14.0 Å². The molecule has 0 radical (unpaired) electrons. The first-order chi connectivity index (χ1) is 14.0. The lowest BCUT2D eigenvalue weighted by Gasteiger charge is -2.16. The molecule has 0 aliphatic carbocycles. The monoisotopic (exact) mass is 394 g/mol. The molecule has 0 fully saturated rings. The minimum atomic E-state index is -0.221. The van der Waals surface area contributed by atoms with Crippen LogP contribution in [0.5, 0.6) is 0 Å². The molecule has 0 saturated heterocycles. The van der Waals surface area contributed by atoms with E-state index in [2.05, 4.69) is 10.4 Å². The van der Waals surface area contributed by atoms with E-state index < -0.39 is 0 Å². The topological polar surface area (TPSA) is 80.4 Å². The molecule has 2 aromatic heterocycles. The SMILES string of the molecule is Cc1nn(-c2ccccc2)c(C)c1CCC(=O)N(C)CC(=O)NCc1ccco1. The zero-order chi connectivity index (χ0) is 20.8. The number of furan rings is 1. The first-order valence-electron chi connectivity index (χ1n) is 9.59. The van der Waals surface area contributed by atoms with Crippen molar-refractivity contribution in [1.82, 2.24) is 20.0 Å². The lowest BCUT2D eigenvalue weighted by atomic mass is 10.1. The number of carbonyl (C=O) groups excluding carboxylic acids is 2. The lowest BCUT2D eigenvalue weighted by Crippen LogP contribution is -2.38. The number of hydrogen-bond donors (Lipinski definition) is 1. The van der Waals surface area contributed by atoms with Gasteiger partial charge in [0.05, 0.1) is 30.7 Å². The Bertz CT molecular complexity index is 962. The van der Waals surface area contributed by atoms with E-state index in [9.17, 15) is 9.59 Å². The fourth-order valence-electron chi connectivity index (χ4n) is 3.24. The molecule has 0 spiro atoms. The second-order valence-corrected chi connectivity index (χ2v) is 7.00. The minimum Gasteiger partial charge on any atom is -0.467 e. The van der Waals surface area contributed by atoms with Gasteiger partial charge in [0.2, 0.25) is 11.8 Å². The second-order valence-electron chi connectivity index (χ2n) is 7.00. The van der Waals surface area contributed by atoms with Gasteiger partial charge in [0.1, 0.15) is 5.76 Å². The Morgan fingerprint density at radius 2 is 1.90 bits per heavy atom. The Hall–Kier alpha value is -3.35. The molecule has 0 aliphatic heterocycles. The molecule has 1 N–H and O–H groups in total. The first kappa shape index (κ1) is 20.4.